The number of aryl methyl sites for hydroxylation is 2. The van der Waals surface area contributed by atoms with Crippen molar-refractivity contribution in [3.8, 4) is 0 Å². The SMILES string of the molecule is Cc1ccc(C)c(Sc2cc(C(F)(F)F)cc(N)n2)c1. The van der Waals surface area contributed by atoms with Crippen LogP contribution in [-0.4, -0.2) is 4.98 Å². The smallest absolute Gasteiger partial charge is 0.384 e. The summed E-state index contributed by atoms with van der Waals surface area (Å²) in [7, 11) is 0. The van der Waals surface area contributed by atoms with Crippen LogP contribution in [0.4, 0.5) is 19.0 Å². The second-order valence-corrected chi connectivity index (χ2v) is 5.55. The summed E-state index contributed by atoms with van der Waals surface area (Å²) in [5, 5.41) is 0.242. The minimum atomic E-state index is -4.42. The first-order valence-electron chi connectivity index (χ1n) is 5.85. The van der Waals surface area contributed by atoms with Crippen molar-refractivity contribution in [2.24, 2.45) is 0 Å². The number of halogens is 3. The number of alkyl halides is 3. The molecule has 20 heavy (non-hydrogen) atoms. The number of rotatable bonds is 2. The molecule has 106 valence electrons. The Morgan fingerprint density at radius 3 is 2.45 bits per heavy atom. The summed E-state index contributed by atoms with van der Waals surface area (Å²) < 4.78 is 38.2. The fourth-order valence-electron chi connectivity index (χ4n) is 1.67. The Balaban J connectivity index is 2.39. The van der Waals surface area contributed by atoms with Gasteiger partial charge in [-0.25, -0.2) is 4.98 Å². The van der Waals surface area contributed by atoms with E-state index in [9.17, 15) is 13.2 Å². The fraction of sp³-hybridized carbons (Fsp3) is 0.214. The molecule has 6 heteroatoms. The maximum atomic E-state index is 12.7. The van der Waals surface area contributed by atoms with Crippen molar-refractivity contribution in [3.63, 3.8) is 0 Å². The zero-order chi connectivity index (χ0) is 14.9. The van der Waals surface area contributed by atoms with Crippen LogP contribution in [0.25, 0.3) is 0 Å². The zero-order valence-corrected chi connectivity index (χ0v) is 11.8. The summed E-state index contributed by atoms with van der Waals surface area (Å²) in [6.07, 6.45) is -4.42. The first-order chi connectivity index (χ1) is 9.25. The van der Waals surface area contributed by atoms with Gasteiger partial charge in [-0.2, -0.15) is 13.2 Å². The maximum absolute atomic E-state index is 12.7. The predicted octanol–water partition coefficient (Wildman–Crippen LogP) is 4.45. The van der Waals surface area contributed by atoms with Crippen LogP contribution in [0.1, 0.15) is 16.7 Å². The standard InChI is InChI=1S/C14H13F3N2S/c1-8-3-4-9(2)11(5-8)20-13-7-10(14(15,16)17)6-12(18)19-13/h3-7H,1-2H3,(H2,18,19). The summed E-state index contributed by atoms with van der Waals surface area (Å²) in [4.78, 5) is 4.83. The lowest BCUT2D eigenvalue weighted by molar-refractivity contribution is -0.137. The van der Waals surface area contributed by atoms with Gasteiger partial charge in [0.15, 0.2) is 0 Å². The summed E-state index contributed by atoms with van der Waals surface area (Å²) in [5.74, 6) is -0.132. The van der Waals surface area contributed by atoms with Crippen molar-refractivity contribution in [2.45, 2.75) is 29.9 Å². The molecule has 1 aromatic heterocycles. The molecule has 0 atom stereocenters. The maximum Gasteiger partial charge on any atom is 0.416 e. The third-order valence-corrected chi connectivity index (χ3v) is 3.79. The van der Waals surface area contributed by atoms with E-state index < -0.39 is 11.7 Å². The number of nitrogens with two attached hydrogens (primary N) is 1. The van der Waals surface area contributed by atoms with Crippen LogP contribution in [0, 0.1) is 13.8 Å². The average molecular weight is 298 g/mol. The summed E-state index contributed by atoms with van der Waals surface area (Å²) in [6, 6.07) is 7.65. The van der Waals surface area contributed by atoms with Crippen molar-refractivity contribution in [1.29, 1.82) is 0 Å². The minimum absolute atomic E-state index is 0.132. The second kappa shape index (κ2) is 5.36. The number of hydrogen-bond acceptors (Lipinski definition) is 3. The molecule has 0 aliphatic rings. The molecule has 0 fully saturated rings. The fourth-order valence-corrected chi connectivity index (χ4v) is 2.71. The summed E-state index contributed by atoms with van der Waals surface area (Å²) in [6.45, 7) is 3.83. The average Bonchev–Trinajstić information content (AvgIpc) is 2.32. The van der Waals surface area contributed by atoms with Crippen molar-refractivity contribution < 1.29 is 13.2 Å². The molecule has 0 saturated carbocycles. The van der Waals surface area contributed by atoms with E-state index >= 15 is 0 Å². The number of aromatic nitrogens is 1. The lowest BCUT2D eigenvalue weighted by Gasteiger charge is -2.10. The number of benzene rings is 1. The molecule has 2 N–H and O–H groups in total. The molecule has 1 heterocycles. The topological polar surface area (TPSA) is 38.9 Å². The number of anilines is 1. The van der Waals surface area contributed by atoms with Crippen LogP contribution < -0.4 is 5.73 Å². The normalized spacial score (nSPS) is 11.7. The molecule has 0 saturated heterocycles. The molecule has 2 rings (SSSR count). The molecule has 0 amide bonds. The van der Waals surface area contributed by atoms with E-state index in [1.165, 1.54) is 11.8 Å². The zero-order valence-electron chi connectivity index (χ0n) is 11.0. The van der Waals surface area contributed by atoms with E-state index in [0.29, 0.717) is 0 Å². The van der Waals surface area contributed by atoms with Crippen LogP contribution in [0.5, 0.6) is 0 Å². The molecular weight excluding hydrogens is 285 g/mol. The highest BCUT2D eigenvalue weighted by molar-refractivity contribution is 7.99. The molecule has 0 spiro atoms. The highest BCUT2D eigenvalue weighted by Crippen LogP contribution is 2.35. The minimum Gasteiger partial charge on any atom is -0.384 e. The Morgan fingerprint density at radius 2 is 1.80 bits per heavy atom. The molecule has 1 aromatic carbocycles. The Bertz CT molecular complexity index is 639. The molecule has 0 radical (unpaired) electrons. The Morgan fingerprint density at radius 1 is 1.10 bits per heavy atom. The quantitative estimate of drug-likeness (QED) is 0.890. The van der Waals surface area contributed by atoms with Gasteiger partial charge in [-0.15, -0.1) is 0 Å². The van der Waals surface area contributed by atoms with Gasteiger partial charge in [0.25, 0.3) is 0 Å². The Kier molecular flexibility index (Phi) is 3.94. The number of nitrogen functional groups attached to an aromatic ring is 1. The van der Waals surface area contributed by atoms with Gasteiger partial charge in [0.05, 0.1) is 5.56 Å². The third-order valence-electron chi connectivity index (χ3n) is 2.71. The van der Waals surface area contributed by atoms with Gasteiger partial charge in [0.2, 0.25) is 0 Å². The Hall–Kier alpha value is -1.69. The number of hydrogen-bond donors (Lipinski definition) is 1. The van der Waals surface area contributed by atoms with Crippen LogP contribution >= 0.6 is 11.8 Å². The lowest BCUT2D eigenvalue weighted by atomic mass is 10.2. The first kappa shape index (κ1) is 14.7. The third kappa shape index (κ3) is 3.45. The molecule has 0 aliphatic carbocycles. The summed E-state index contributed by atoms with van der Waals surface area (Å²) >= 11 is 1.18. The van der Waals surface area contributed by atoms with E-state index in [-0.39, 0.29) is 10.8 Å². The van der Waals surface area contributed by atoms with E-state index in [1.54, 1.807) is 0 Å². The van der Waals surface area contributed by atoms with Crippen molar-refractivity contribution in [3.05, 3.63) is 47.0 Å². The van der Waals surface area contributed by atoms with Gasteiger partial charge >= 0.3 is 6.18 Å². The molecule has 2 aromatic rings. The van der Waals surface area contributed by atoms with Crippen molar-refractivity contribution in [2.75, 3.05) is 5.73 Å². The van der Waals surface area contributed by atoms with Gasteiger partial charge in [-0.1, -0.05) is 23.9 Å². The van der Waals surface area contributed by atoms with E-state index in [4.69, 9.17) is 5.73 Å². The van der Waals surface area contributed by atoms with Gasteiger partial charge < -0.3 is 5.73 Å². The second-order valence-electron chi connectivity index (χ2n) is 4.49. The van der Waals surface area contributed by atoms with Crippen molar-refractivity contribution in [1.82, 2.24) is 4.98 Å². The molecule has 2 nitrogen and oxygen atoms in total. The van der Waals surface area contributed by atoms with E-state index in [0.717, 1.165) is 28.2 Å². The van der Waals surface area contributed by atoms with Crippen LogP contribution in [0.2, 0.25) is 0 Å². The van der Waals surface area contributed by atoms with E-state index in [2.05, 4.69) is 4.98 Å². The van der Waals surface area contributed by atoms with Gasteiger partial charge in [-0.3, -0.25) is 0 Å². The number of pyridine rings is 1. The monoisotopic (exact) mass is 298 g/mol. The predicted molar refractivity (Wildman–Crippen MR) is 73.7 cm³/mol. The largest absolute Gasteiger partial charge is 0.416 e. The molecular formula is C14H13F3N2S. The summed E-state index contributed by atoms with van der Waals surface area (Å²) in [5.41, 5.74) is 6.70. The van der Waals surface area contributed by atoms with Gasteiger partial charge in [0.1, 0.15) is 10.8 Å². The highest BCUT2D eigenvalue weighted by atomic mass is 32.2. The van der Waals surface area contributed by atoms with Crippen LogP contribution in [-0.2, 0) is 6.18 Å². The Labute approximate surface area is 119 Å². The first-order valence-corrected chi connectivity index (χ1v) is 6.67. The van der Waals surface area contributed by atoms with Crippen molar-refractivity contribution >= 4 is 17.6 Å². The molecule has 0 aliphatic heterocycles. The molecule has 0 bridgehead atoms. The molecule has 0 unspecified atom stereocenters. The van der Waals surface area contributed by atoms with E-state index in [1.807, 2.05) is 32.0 Å². The van der Waals surface area contributed by atoms with Gasteiger partial charge in [0, 0.05) is 4.90 Å². The van der Waals surface area contributed by atoms with Crippen LogP contribution in [0.15, 0.2) is 40.3 Å². The van der Waals surface area contributed by atoms with Gasteiger partial charge in [-0.05, 0) is 43.2 Å². The lowest BCUT2D eigenvalue weighted by Crippen LogP contribution is -2.07. The van der Waals surface area contributed by atoms with Crippen LogP contribution in [0.3, 0.4) is 0 Å². The highest BCUT2D eigenvalue weighted by Gasteiger charge is 2.31. The number of nitrogens with zero attached hydrogens (tertiary/aromatic N) is 1.